The van der Waals surface area contributed by atoms with Crippen LogP contribution in [0.25, 0.3) is 0 Å². The Morgan fingerprint density at radius 1 is 0.313 bits per heavy atom. The Morgan fingerprint density at radius 3 is 0.910 bits per heavy atom. The summed E-state index contributed by atoms with van der Waals surface area (Å²) < 4.78 is 16.8. The molecule has 0 rings (SSSR count). The van der Waals surface area contributed by atoms with E-state index in [1.54, 1.807) is 0 Å². The first-order valence-corrected chi connectivity index (χ1v) is 29.5. The second-order valence-electron chi connectivity index (χ2n) is 19.9. The van der Waals surface area contributed by atoms with E-state index in [-0.39, 0.29) is 31.1 Å². The number of hydrogen-bond acceptors (Lipinski definition) is 6. The van der Waals surface area contributed by atoms with Gasteiger partial charge in [0.15, 0.2) is 6.10 Å². The van der Waals surface area contributed by atoms with Gasteiger partial charge in [0.1, 0.15) is 13.2 Å². The summed E-state index contributed by atoms with van der Waals surface area (Å²) in [6, 6.07) is 0. The first kappa shape index (κ1) is 64.6. The molecule has 0 heterocycles. The summed E-state index contributed by atoms with van der Waals surface area (Å²) in [5, 5.41) is 0. The predicted molar refractivity (Wildman–Crippen MR) is 289 cm³/mol. The molecule has 1 atom stereocenters. The summed E-state index contributed by atoms with van der Waals surface area (Å²) in [5.41, 5.74) is 0. The molecule has 0 amide bonds. The lowest BCUT2D eigenvalue weighted by Crippen LogP contribution is -2.30. The van der Waals surface area contributed by atoms with Crippen molar-refractivity contribution in [1.82, 2.24) is 0 Å². The van der Waals surface area contributed by atoms with E-state index in [1.807, 2.05) is 0 Å². The molecule has 67 heavy (non-hydrogen) atoms. The Labute approximate surface area is 416 Å². The lowest BCUT2D eigenvalue weighted by atomic mass is 10.0. The number of esters is 3. The molecule has 0 aromatic carbocycles. The van der Waals surface area contributed by atoms with Crippen LogP contribution in [0.15, 0.2) is 36.5 Å². The van der Waals surface area contributed by atoms with Gasteiger partial charge in [0, 0.05) is 19.3 Å². The highest BCUT2D eigenvalue weighted by atomic mass is 16.6. The van der Waals surface area contributed by atoms with Crippen molar-refractivity contribution in [1.29, 1.82) is 0 Å². The van der Waals surface area contributed by atoms with Crippen LogP contribution in [0, 0.1) is 0 Å². The van der Waals surface area contributed by atoms with E-state index in [2.05, 4.69) is 57.2 Å². The van der Waals surface area contributed by atoms with E-state index < -0.39 is 6.10 Å². The topological polar surface area (TPSA) is 78.9 Å². The zero-order valence-corrected chi connectivity index (χ0v) is 44.9. The van der Waals surface area contributed by atoms with Crippen molar-refractivity contribution in [2.24, 2.45) is 0 Å². The number of ether oxygens (including phenoxy) is 3. The van der Waals surface area contributed by atoms with E-state index in [9.17, 15) is 14.4 Å². The average Bonchev–Trinajstić information content (AvgIpc) is 3.33. The Balaban J connectivity index is 4.19. The van der Waals surface area contributed by atoms with Gasteiger partial charge in [0.05, 0.1) is 0 Å². The second-order valence-corrected chi connectivity index (χ2v) is 19.9. The minimum Gasteiger partial charge on any atom is -0.462 e. The summed E-state index contributed by atoms with van der Waals surface area (Å²) in [6.07, 6.45) is 67.3. The molecule has 0 radical (unpaired) electrons. The molecule has 0 saturated heterocycles. The fourth-order valence-corrected chi connectivity index (χ4v) is 8.75. The molecule has 0 aliphatic carbocycles. The fourth-order valence-electron chi connectivity index (χ4n) is 8.75. The van der Waals surface area contributed by atoms with Crippen LogP contribution >= 0.6 is 0 Å². The van der Waals surface area contributed by atoms with Gasteiger partial charge in [-0.05, 0) is 51.4 Å². The molecule has 1 unspecified atom stereocenters. The molecule has 0 aliphatic rings. The van der Waals surface area contributed by atoms with Gasteiger partial charge in [0.2, 0.25) is 0 Å². The normalized spacial score (nSPS) is 12.2. The number of rotatable bonds is 54. The largest absolute Gasteiger partial charge is 0.462 e. The summed E-state index contributed by atoms with van der Waals surface area (Å²) in [4.78, 5) is 38.0. The third-order valence-electron chi connectivity index (χ3n) is 13.2. The summed E-state index contributed by atoms with van der Waals surface area (Å²) in [6.45, 7) is 6.55. The van der Waals surface area contributed by atoms with Crippen molar-refractivity contribution in [3.05, 3.63) is 36.5 Å². The van der Waals surface area contributed by atoms with Crippen molar-refractivity contribution in [2.45, 2.75) is 322 Å². The van der Waals surface area contributed by atoms with E-state index >= 15 is 0 Å². The quantitative estimate of drug-likeness (QED) is 0.0262. The van der Waals surface area contributed by atoms with Gasteiger partial charge >= 0.3 is 17.9 Å². The Morgan fingerprint density at radius 2 is 0.582 bits per heavy atom. The van der Waals surface area contributed by atoms with Crippen molar-refractivity contribution in [2.75, 3.05) is 13.2 Å². The van der Waals surface area contributed by atoms with Crippen LogP contribution in [0.5, 0.6) is 0 Å². The molecule has 6 nitrogen and oxygen atoms in total. The van der Waals surface area contributed by atoms with E-state index in [4.69, 9.17) is 14.2 Å². The highest BCUT2D eigenvalue weighted by molar-refractivity contribution is 5.71. The SMILES string of the molecule is CC/C=C\C/C=C\C/C=C\CCCCCCCCCC(=O)OC(COC(=O)CCCCCCCCCCC)COC(=O)CCCCCCCCCCCCCCCCCCCCCCCCC. The smallest absolute Gasteiger partial charge is 0.306 e. The molecule has 0 N–H and O–H groups in total. The molecule has 0 saturated carbocycles. The van der Waals surface area contributed by atoms with Gasteiger partial charge in [0.25, 0.3) is 0 Å². The van der Waals surface area contributed by atoms with Gasteiger partial charge < -0.3 is 14.2 Å². The fraction of sp³-hybridized carbons (Fsp3) is 0.852. The third-order valence-corrected chi connectivity index (χ3v) is 13.2. The summed E-state index contributed by atoms with van der Waals surface area (Å²) in [5.74, 6) is -0.866. The van der Waals surface area contributed by atoms with Crippen molar-refractivity contribution < 1.29 is 28.6 Å². The minimum atomic E-state index is -0.772. The Kier molecular flexibility index (Phi) is 54.2. The van der Waals surface area contributed by atoms with Crippen LogP contribution in [-0.2, 0) is 28.6 Å². The number of allylic oxidation sites excluding steroid dienone is 6. The molecule has 0 fully saturated rings. The number of carbonyl (C=O) groups excluding carboxylic acids is 3. The van der Waals surface area contributed by atoms with Gasteiger partial charge in [-0.3, -0.25) is 14.4 Å². The molecular weight excluding hydrogens is 829 g/mol. The van der Waals surface area contributed by atoms with Gasteiger partial charge in [-0.1, -0.05) is 282 Å². The number of unbranched alkanes of at least 4 members (excludes halogenated alkanes) is 37. The average molecular weight is 942 g/mol. The van der Waals surface area contributed by atoms with Gasteiger partial charge in [-0.15, -0.1) is 0 Å². The first-order chi connectivity index (χ1) is 33.0. The molecule has 392 valence electrons. The molecule has 0 aromatic rings. The van der Waals surface area contributed by atoms with Crippen LogP contribution in [0.2, 0.25) is 0 Å². The minimum absolute atomic E-state index is 0.0717. The molecule has 0 aliphatic heterocycles. The maximum absolute atomic E-state index is 12.8. The predicted octanol–water partition coefficient (Wildman–Crippen LogP) is 19.7. The van der Waals surface area contributed by atoms with E-state index in [0.717, 1.165) is 83.5 Å². The highest BCUT2D eigenvalue weighted by Gasteiger charge is 2.19. The zero-order valence-electron chi connectivity index (χ0n) is 44.9. The van der Waals surface area contributed by atoms with Crippen LogP contribution < -0.4 is 0 Å². The lowest BCUT2D eigenvalue weighted by Gasteiger charge is -2.18. The van der Waals surface area contributed by atoms with Gasteiger partial charge in [-0.25, -0.2) is 0 Å². The van der Waals surface area contributed by atoms with Crippen LogP contribution in [-0.4, -0.2) is 37.2 Å². The van der Waals surface area contributed by atoms with Crippen LogP contribution in [0.3, 0.4) is 0 Å². The molecule has 0 aromatic heterocycles. The van der Waals surface area contributed by atoms with Crippen molar-refractivity contribution in [3.63, 3.8) is 0 Å². The van der Waals surface area contributed by atoms with Crippen molar-refractivity contribution >= 4 is 17.9 Å². The summed E-state index contributed by atoms with van der Waals surface area (Å²) >= 11 is 0. The maximum Gasteiger partial charge on any atom is 0.306 e. The standard InChI is InChI=1S/C61H112O6/c1-4-7-10-13-16-19-21-23-25-27-28-29-30-31-32-34-35-37-39-42-45-48-51-54-60(63)66-57-58(56-65-59(62)53-50-47-44-41-18-15-12-9-6-3)67-61(64)55-52-49-46-43-40-38-36-33-26-24-22-20-17-14-11-8-5-2/h8,11,17,20,24,26,58H,4-7,9-10,12-16,18-19,21-23,25,27-57H2,1-3H3/b11-8-,20-17-,26-24-. The first-order valence-electron chi connectivity index (χ1n) is 29.5. The molecule has 6 heteroatoms. The molecule has 0 spiro atoms. The number of hydrogen-bond donors (Lipinski definition) is 0. The van der Waals surface area contributed by atoms with Gasteiger partial charge in [-0.2, -0.15) is 0 Å². The molecule has 0 bridgehead atoms. The number of carbonyl (C=O) groups is 3. The van der Waals surface area contributed by atoms with E-state index in [0.29, 0.717) is 19.3 Å². The second kappa shape index (κ2) is 56.2. The Hall–Kier alpha value is -2.37. The maximum atomic E-state index is 12.8. The molecular formula is C61H112O6. The summed E-state index contributed by atoms with van der Waals surface area (Å²) in [7, 11) is 0. The van der Waals surface area contributed by atoms with Crippen LogP contribution in [0.1, 0.15) is 316 Å². The third kappa shape index (κ3) is 54.4. The highest BCUT2D eigenvalue weighted by Crippen LogP contribution is 2.17. The monoisotopic (exact) mass is 941 g/mol. The zero-order chi connectivity index (χ0) is 48.6. The lowest BCUT2D eigenvalue weighted by molar-refractivity contribution is -0.167. The van der Waals surface area contributed by atoms with Crippen molar-refractivity contribution in [3.8, 4) is 0 Å². The van der Waals surface area contributed by atoms with E-state index in [1.165, 1.54) is 193 Å². The van der Waals surface area contributed by atoms with Crippen LogP contribution in [0.4, 0.5) is 0 Å². The Bertz CT molecular complexity index is 1130.